The van der Waals surface area contributed by atoms with E-state index < -0.39 is 0 Å². The Morgan fingerprint density at radius 1 is 0.941 bits per heavy atom. The Kier molecular flexibility index (Phi) is 5.54. The molecule has 1 aromatic rings. The first-order chi connectivity index (χ1) is 7.16. The molecule has 96 valence electrons. The van der Waals surface area contributed by atoms with Crippen LogP contribution in [0.3, 0.4) is 0 Å². The third-order valence-corrected chi connectivity index (χ3v) is 3.29. The second kappa shape index (κ2) is 5.61. The molecule has 0 nitrogen and oxygen atoms in total. The summed E-state index contributed by atoms with van der Waals surface area (Å²) in [5, 5.41) is 0. The average molecular weight is 401 g/mol. The molecule has 1 heteroatoms. The minimum absolute atomic E-state index is 0. The predicted octanol–water partition coefficient (Wildman–Crippen LogP) is 4.87. The molecular weight excluding hydrogens is 376 g/mol. The van der Waals surface area contributed by atoms with Gasteiger partial charge in [-0.3, -0.25) is 0 Å². The normalized spacial score (nSPS) is 11.1. The van der Waals surface area contributed by atoms with Crippen molar-refractivity contribution < 1.29 is 21.1 Å². The molecule has 0 radical (unpaired) electrons. The zero-order valence-electron chi connectivity index (χ0n) is 12.5. The first kappa shape index (κ1) is 16.8. The van der Waals surface area contributed by atoms with E-state index in [4.69, 9.17) is 0 Å². The van der Waals surface area contributed by atoms with Crippen LogP contribution in [0.4, 0.5) is 0 Å². The van der Waals surface area contributed by atoms with Crippen LogP contribution in [0.1, 0.15) is 62.4 Å². The number of rotatable bonds is 1. The van der Waals surface area contributed by atoms with E-state index in [2.05, 4.69) is 61.5 Å². The maximum atomic E-state index is 2.31. The Morgan fingerprint density at radius 3 is 1.76 bits per heavy atom. The summed E-state index contributed by atoms with van der Waals surface area (Å²) in [7, 11) is 0. The molecule has 0 bridgehead atoms. The summed E-state index contributed by atoms with van der Waals surface area (Å²) in [6.45, 7) is 18.0. The molecule has 1 rings (SSSR count). The molecule has 0 saturated carbocycles. The van der Waals surface area contributed by atoms with E-state index in [0.29, 0.717) is 0 Å². The van der Waals surface area contributed by atoms with E-state index >= 15 is 0 Å². The summed E-state index contributed by atoms with van der Waals surface area (Å²) in [5.41, 5.74) is 7.48. The van der Waals surface area contributed by atoms with Crippen molar-refractivity contribution in [1.82, 2.24) is 0 Å². The van der Waals surface area contributed by atoms with Crippen LogP contribution in [0.5, 0.6) is 0 Å². The maximum absolute atomic E-state index is 2.31. The molecule has 0 unspecified atom stereocenters. The van der Waals surface area contributed by atoms with Crippen molar-refractivity contribution in [2.45, 2.75) is 60.8 Å². The molecule has 0 aromatic heterocycles. The van der Waals surface area contributed by atoms with Gasteiger partial charge in [-0.25, -0.2) is 0 Å². The fraction of sp³-hybridized carbons (Fsp3) is 0.562. The Bertz CT molecular complexity index is 395. The average Bonchev–Trinajstić information content (AvgIpc) is 2.07. The summed E-state index contributed by atoms with van der Waals surface area (Å²) in [6.07, 6.45) is 0. The van der Waals surface area contributed by atoms with Crippen LogP contribution in [0.2, 0.25) is 0 Å². The Balaban J connectivity index is 0.00000256. The minimum Gasteiger partial charge on any atom is -0.182 e. The van der Waals surface area contributed by atoms with Crippen molar-refractivity contribution in [3.05, 3.63) is 39.8 Å². The van der Waals surface area contributed by atoms with Crippen LogP contribution < -0.4 is 0 Å². The SMILES string of the molecule is Cc1cc(C)c([C-](C)C)c(C(C)(C)C)c1C.[W]. The van der Waals surface area contributed by atoms with Crippen LogP contribution in [0.25, 0.3) is 0 Å². The van der Waals surface area contributed by atoms with Gasteiger partial charge < -0.3 is 0 Å². The van der Waals surface area contributed by atoms with Gasteiger partial charge in [0.1, 0.15) is 0 Å². The zero-order chi connectivity index (χ0) is 12.7. The molecular formula is C16H25W-. The smallest absolute Gasteiger partial charge is 0 e. The van der Waals surface area contributed by atoms with Crippen molar-refractivity contribution in [3.63, 3.8) is 0 Å². The topological polar surface area (TPSA) is 0 Å². The molecule has 0 fully saturated rings. The monoisotopic (exact) mass is 401 g/mol. The predicted molar refractivity (Wildman–Crippen MR) is 73.0 cm³/mol. The van der Waals surface area contributed by atoms with E-state index in [1.807, 2.05) is 0 Å². The van der Waals surface area contributed by atoms with Crippen LogP contribution in [0, 0.1) is 26.7 Å². The van der Waals surface area contributed by atoms with Gasteiger partial charge in [0.2, 0.25) is 0 Å². The van der Waals surface area contributed by atoms with Gasteiger partial charge in [-0.15, -0.1) is 17.2 Å². The van der Waals surface area contributed by atoms with Gasteiger partial charge in [-0.05, 0) is 6.92 Å². The number of benzene rings is 1. The van der Waals surface area contributed by atoms with Crippen LogP contribution >= 0.6 is 0 Å². The molecule has 17 heavy (non-hydrogen) atoms. The van der Waals surface area contributed by atoms with E-state index in [0.717, 1.165) is 0 Å². The molecule has 0 N–H and O–H groups in total. The minimum atomic E-state index is 0. The van der Waals surface area contributed by atoms with E-state index in [1.165, 1.54) is 33.7 Å². The maximum Gasteiger partial charge on any atom is 0 e. The van der Waals surface area contributed by atoms with Gasteiger partial charge in [0, 0.05) is 21.1 Å². The van der Waals surface area contributed by atoms with E-state index in [9.17, 15) is 0 Å². The van der Waals surface area contributed by atoms with Gasteiger partial charge in [-0.2, -0.15) is 17.0 Å². The molecule has 0 saturated heterocycles. The molecule has 0 aliphatic carbocycles. The van der Waals surface area contributed by atoms with Gasteiger partial charge in [0.05, 0.1) is 0 Å². The summed E-state index contributed by atoms with van der Waals surface area (Å²) < 4.78 is 0. The quantitative estimate of drug-likeness (QED) is 0.590. The van der Waals surface area contributed by atoms with Gasteiger partial charge in [0.15, 0.2) is 0 Å². The van der Waals surface area contributed by atoms with Crippen molar-refractivity contribution >= 4 is 0 Å². The molecule has 0 aliphatic heterocycles. The third kappa shape index (κ3) is 3.38. The standard InChI is InChI=1S/C16H25.W/c1-10(2)14-12(4)9-11(3)13(5)15(14)16(6,7)8;/h9H,1-8H3;/q-1;. The Morgan fingerprint density at radius 2 is 1.41 bits per heavy atom. The van der Waals surface area contributed by atoms with E-state index in [1.54, 1.807) is 0 Å². The van der Waals surface area contributed by atoms with Crippen molar-refractivity contribution in [2.24, 2.45) is 0 Å². The first-order valence-electron chi connectivity index (χ1n) is 6.08. The fourth-order valence-electron chi connectivity index (χ4n) is 2.67. The zero-order valence-corrected chi connectivity index (χ0v) is 15.4. The van der Waals surface area contributed by atoms with Crippen LogP contribution in [0.15, 0.2) is 6.07 Å². The summed E-state index contributed by atoms with van der Waals surface area (Å²) in [4.78, 5) is 0. The van der Waals surface area contributed by atoms with Crippen molar-refractivity contribution in [2.75, 3.05) is 0 Å². The summed E-state index contributed by atoms with van der Waals surface area (Å²) >= 11 is 0. The van der Waals surface area contributed by atoms with E-state index in [-0.39, 0.29) is 26.5 Å². The summed E-state index contributed by atoms with van der Waals surface area (Å²) in [6, 6.07) is 2.31. The van der Waals surface area contributed by atoms with Gasteiger partial charge >= 0.3 is 0 Å². The van der Waals surface area contributed by atoms with Crippen molar-refractivity contribution in [1.29, 1.82) is 0 Å². The number of hydrogen-bond donors (Lipinski definition) is 0. The Hall–Kier alpha value is -0.222. The fourth-order valence-corrected chi connectivity index (χ4v) is 2.67. The molecule has 0 aliphatic rings. The van der Waals surface area contributed by atoms with Crippen LogP contribution in [-0.2, 0) is 26.5 Å². The van der Waals surface area contributed by atoms with Gasteiger partial charge in [-0.1, -0.05) is 59.4 Å². The molecule has 0 spiro atoms. The second-order valence-electron chi connectivity index (χ2n) is 6.14. The number of hydrogen-bond acceptors (Lipinski definition) is 0. The van der Waals surface area contributed by atoms with Crippen molar-refractivity contribution in [3.8, 4) is 0 Å². The summed E-state index contributed by atoms with van der Waals surface area (Å²) in [5.74, 6) is 1.42. The third-order valence-electron chi connectivity index (χ3n) is 3.29. The first-order valence-corrected chi connectivity index (χ1v) is 6.08. The largest absolute Gasteiger partial charge is 0.182 e. The van der Waals surface area contributed by atoms with Crippen LogP contribution in [-0.4, -0.2) is 0 Å². The molecule has 0 atom stereocenters. The van der Waals surface area contributed by atoms with Gasteiger partial charge in [0.25, 0.3) is 0 Å². The molecule has 1 aromatic carbocycles. The Labute approximate surface area is 121 Å². The molecule has 0 heterocycles. The second-order valence-corrected chi connectivity index (χ2v) is 6.14. The number of aryl methyl sites for hydroxylation is 2. The molecule has 0 amide bonds.